The van der Waals surface area contributed by atoms with Crippen LogP contribution in [0, 0.1) is 0 Å². The van der Waals surface area contributed by atoms with Gasteiger partial charge in [0.2, 0.25) is 5.91 Å². The third-order valence-corrected chi connectivity index (χ3v) is 2.75. The Morgan fingerprint density at radius 1 is 1.59 bits per heavy atom. The van der Waals surface area contributed by atoms with E-state index in [0.717, 1.165) is 5.76 Å². The molecule has 0 aliphatic carbocycles. The first-order valence-electron chi connectivity index (χ1n) is 4.95. The highest BCUT2D eigenvalue weighted by Crippen LogP contribution is 2.15. The highest BCUT2D eigenvalue weighted by molar-refractivity contribution is 9.10. The zero-order valence-corrected chi connectivity index (χ0v) is 11.2. The zero-order chi connectivity index (χ0) is 13.0. The van der Waals surface area contributed by atoms with Crippen LogP contribution in [0.4, 0.5) is 4.79 Å². The molecule has 0 spiro atoms. The Morgan fingerprint density at radius 2 is 2.24 bits per heavy atom. The van der Waals surface area contributed by atoms with Crippen LogP contribution in [-0.2, 0) is 11.3 Å². The van der Waals surface area contributed by atoms with E-state index in [4.69, 9.17) is 10.2 Å². The lowest BCUT2D eigenvalue weighted by atomic mass is 10.2. The predicted octanol–water partition coefficient (Wildman–Crippen LogP) is 1.06. The quantitative estimate of drug-likeness (QED) is 0.870. The Hall–Kier alpha value is -1.34. The van der Waals surface area contributed by atoms with Crippen LogP contribution in [0.25, 0.3) is 0 Å². The molecular weight excluding hydrogens is 290 g/mol. The van der Waals surface area contributed by atoms with Crippen LogP contribution in [-0.4, -0.2) is 29.9 Å². The van der Waals surface area contributed by atoms with Gasteiger partial charge in [0.1, 0.15) is 5.76 Å². The van der Waals surface area contributed by atoms with Crippen LogP contribution in [0.15, 0.2) is 21.2 Å². The van der Waals surface area contributed by atoms with Gasteiger partial charge in [-0.2, -0.15) is 0 Å². The number of nitrogens with two attached hydrogens (primary N) is 1. The summed E-state index contributed by atoms with van der Waals surface area (Å²) in [6.45, 7) is 2.13. The topological polar surface area (TPSA) is 88.6 Å². The lowest BCUT2D eigenvalue weighted by Gasteiger charge is -2.21. The molecule has 3 N–H and O–H groups in total. The number of carbonyl (C=O) groups is 2. The molecule has 0 aliphatic rings. The fourth-order valence-electron chi connectivity index (χ4n) is 1.25. The summed E-state index contributed by atoms with van der Waals surface area (Å²) >= 11 is 3.20. The first kappa shape index (κ1) is 13.7. The SMILES string of the molecule is C[C@@H](C(=O)NC(N)=O)N(C)Cc1ccc(Br)o1. The summed E-state index contributed by atoms with van der Waals surface area (Å²) in [5, 5.41) is 2.03. The molecule has 1 atom stereocenters. The molecule has 1 rings (SSSR count). The van der Waals surface area contributed by atoms with Crippen molar-refractivity contribution in [2.75, 3.05) is 7.05 Å². The number of imide groups is 1. The molecule has 0 aliphatic heterocycles. The van der Waals surface area contributed by atoms with Crippen LogP contribution in [0.5, 0.6) is 0 Å². The minimum Gasteiger partial charge on any atom is -0.453 e. The third-order valence-electron chi connectivity index (χ3n) is 2.32. The number of furan rings is 1. The van der Waals surface area contributed by atoms with Crippen molar-refractivity contribution in [3.8, 4) is 0 Å². The number of hydrogen-bond acceptors (Lipinski definition) is 4. The summed E-state index contributed by atoms with van der Waals surface area (Å²) in [5.41, 5.74) is 4.87. The number of hydrogen-bond donors (Lipinski definition) is 2. The maximum absolute atomic E-state index is 11.5. The van der Waals surface area contributed by atoms with Crippen LogP contribution in [0.3, 0.4) is 0 Å². The summed E-state index contributed by atoms with van der Waals surface area (Å²) < 4.78 is 5.95. The van der Waals surface area contributed by atoms with E-state index in [9.17, 15) is 9.59 Å². The smallest absolute Gasteiger partial charge is 0.318 e. The van der Waals surface area contributed by atoms with Crippen molar-refractivity contribution >= 4 is 27.9 Å². The molecule has 3 amide bonds. The largest absolute Gasteiger partial charge is 0.453 e. The molecule has 1 heterocycles. The van der Waals surface area contributed by atoms with Gasteiger partial charge in [0.25, 0.3) is 0 Å². The molecule has 0 fully saturated rings. The van der Waals surface area contributed by atoms with E-state index in [1.807, 2.05) is 5.32 Å². The zero-order valence-electron chi connectivity index (χ0n) is 9.57. The summed E-state index contributed by atoms with van der Waals surface area (Å²) in [5.74, 6) is 0.281. The minimum absolute atomic E-state index is 0.439. The van der Waals surface area contributed by atoms with E-state index in [2.05, 4.69) is 15.9 Å². The second kappa shape index (κ2) is 5.83. The second-order valence-corrected chi connectivity index (χ2v) is 4.43. The van der Waals surface area contributed by atoms with Crippen LogP contribution in [0.2, 0.25) is 0 Å². The van der Waals surface area contributed by atoms with Gasteiger partial charge >= 0.3 is 6.03 Å². The molecule has 1 aromatic heterocycles. The standard InChI is InChI=1S/C10H14BrN3O3/c1-6(9(15)13-10(12)16)14(2)5-7-3-4-8(11)17-7/h3-4,6H,5H2,1-2H3,(H3,12,13,15,16)/t6-/m0/s1. The Morgan fingerprint density at radius 3 is 2.71 bits per heavy atom. The van der Waals surface area contributed by atoms with E-state index in [1.165, 1.54) is 0 Å². The van der Waals surface area contributed by atoms with Gasteiger partial charge in [-0.15, -0.1) is 0 Å². The predicted molar refractivity (Wildman–Crippen MR) is 65.1 cm³/mol. The first-order chi connectivity index (χ1) is 7.90. The summed E-state index contributed by atoms with van der Waals surface area (Å²) in [6, 6.07) is 2.25. The van der Waals surface area contributed by atoms with Gasteiger partial charge < -0.3 is 10.2 Å². The summed E-state index contributed by atoms with van der Waals surface area (Å²) in [7, 11) is 1.75. The van der Waals surface area contributed by atoms with Gasteiger partial charge in [0.05, 0.1) is 12.6 Å². The molecule has 0 unspecified atom stereocenters. The van der Waals surface area contributed by atoms with Gasteiger partial charge in [-0.1, -0.05) is 0 Å². The molecule has 0 aromatic carbocycles. The highest BCUT2D eigenvalue weighted by atomic mass is 79.9. The molecular formula is C10H14BrN3O3. The Kier molecular flexibility index (Phi) is 4.71. The van der Waals surface area contributed by atoms with E-state index in [-0.39, 0.29) is 0 Å². The van der Waals surface area contributed by atoms with E-state index < -0.39 is 18.0 Å². The molecule has 7 heteroatoms. The van der Waals surface area contributed by atoms with E-state index in [0.29, 0.717) is 11.2 Å². The fourth-order valence-corrected chi connectivity index (χ4v) is 1.59. The maximum Gasteiger partial charge on any atom is 0.318 e. The lowest BCUT2D eigenvalue weighted by molar-refractivity contribution is -0.124. The van der Waals surface area contributed by atoms with Gasteiger partial charge in [0.15, 0.2) is 4.67 Å². The van der Waals surface area contributed by atoms with Crippen LogP contribution >= 0.6 is 15.9 Å². The Labute approximate surface area is 107 Å². The van der Waals surface area contributed by atoms with Crippen molar-refractivity contribution in [2.45, 2.75) is 19.5 Å². The average Bonchev–Trinajstić information content (AvgIpc) is 2.61. The lowest BCUT2D eigenvalue weighted by Crippen LogP contribution is -2.46. The fraction of sp³-hybridized carbons (Fsp3) is 0.400. The van der Waals surface area contributed by atoms with Crippen LogP contribution in [0.1, 0.15) is 12.7 Å². The Bertz CT molecular complexity index is 419. The molecule has 0 bridgehead atoms. The monoisotopic (exact) mass is 303 g/mol. The van der Waals surface area contributed by atoms with E-state index >= 15 is 0 Å². The first-order valence-corrected chi connectivity index (χ1v) is 5.74. The molecule has 0 saturated heterocycles. The minimum atomic E-state index is -0.851. The molecule has 0 radical (unpaired) electrons. The number of likely N-dealkylation sites (N-methyl/N-ethyl adjacent to an activating group) is 1. The molecule has 94 valence electrons. The van der Waals surface area contributed by atoms with Crippen molar-refractivity contribution in [3.05, 3.63) is 22.6 Å². The Balaban J connectivity index is 2.54. The summed E-state index contributed by atoms with van der Waals surface area (Å²) in [6.07, 6.45) is 0. The maximum atomic E-state index is 11.5. The van der Waals surface area contributed by atoms with Crippen molar-refractivity contribution < 1.29 is 14.0 Å². The molecule has 0 saturated carbocycles. The van der Waals surface area contributed by atoms with Gasteiger partial charge in [-0.25, -0.2) is 4.79 Å². The molecule has 1 aromatic rings. The van der Waals surface area contributed by atoms with Gasteiger partial charge in [0, 0.05) is 0 Å². The van der Waals surface area contributed by atoms with Crippen LogP contribution < -0.4 is 11.1 Å². The van der Waals surface area contributed by atoms with Gasteiger partial charge in [-0.05, 0) is 42.0 Å². The second-order valence-electron chi connectivity index (χ2n) is 3.65. The number of urea groups is 1. The average molecular weight is 304 g/mol. The molecule has 6 nitrogen and oxygen atoms in total. The third kappa shape index (κ3) is 4.20. The number of nitrogens with zero attached hydrogens (tertiary/aromatic N) is 1. The number of amides is 3. The summed E-state index contributed by atoms with van der Waals surface area (Å²) in [4.78, 5) is 23.8. The van der Waals surface area contributed by atoms with Crippen molar-refractivity contribution in [1.82, 2.24) is 10.2 Å². The van der Waals surface area contributed by atoms with Crippen molar-refractivity contribution in [3.63, 3.8) is 0 Å². The number of halogens is 1. The number of nitrogens with one attached hydrogen (secondary N) is 1. The van der Waals surface area contributed by atoms with Crippen molar-refractivity contribution in [1.29, 1.82) is 0 Å². The van der Waals surface area contributed by atoms with Gasteiger partial charge in [-0.3, -0.25) is 15.0 Å². The number of primary amides is 1. The molecule has 17 heavy (non-hydrogen) atoms. The highest BCUT2D eigenvalue weighted by Gasteiger charge is 2.20. The normalized spacial score (nSPS) is 12.5. The number of rotatable bonds is 4. The number of carbonyl (C=O) groups excluding carboxylic acids is 2. The van der Waals surface area contributed by atoms with Crippen molar-refractivity contribution in [2.24, 2.45) is 5.73 Å². The van der Waals surface area contributed by atoms with E-state index in [1.54, 1.807) is 31.0 Å².